The van der Waals surface area contributed by atoms with Gasteiger partial charge in [0.05, 0.1) is 11.3 Å². The molecule has 3 rings (SSSR count). The molecule has 0 spiro atoms. The maximum atomic E-state index is 11.7. The summed E-state index contributed by atoms with van der Waals surface area (Å²) in [4.78, 5) is 22.2. The Morgan fingerprint density at radius 1 is 1.33 bits per heavy atom. The summed E-state index contributed by atoms with van der Waals surface area (Å²) in [5.41, 5.74) is 3.57. The number of aromatic amines is 2. The van der Waals surface area contributed by atoms with E-state index >= 15 is 0 Å². The maximum Gasteiger partial charge on any atom is 0.176 e. The van der Waals surface area contributed by atoms with Gasteiger partial charge in [0, 0.05) is 30.2 Å². The van der Waals surface area contributed by atoms with Gasteiger partial charge in [0.25, 0.3) is 0 Å². The second-order valence-electron chi connectivity index (χ2n) is 4.42. The van der Waals surface area contributed by atoms with Gasteiger partial charge in [-0.05, 0) is 19.1 Å². The van der Waals surface area contributed by atoms with Crippen molar-refractivity contribution in [3.05, 3.63) is 41.9 Å². The minimum absolute atomic E-state index is 0.00949. The van der Waals surface area contributed by atoms with Crippen LogP contribution in [-0.4, -0.2) is 20.7 Å². The molecular weight excluding hydrogens is 226 g/mol. The molecule has 2 N–H and O–H groups in total. The topological polar surface area (TPSA) is 61.5 Å². The van der Waals surface area contributed by atoms with Crippen molar-refractivity contribution in [3.8, 4) is 11.4 Å². The maximum absolute atomic E-state index is 11.7. The number of hydrogen-bond acceptors (Lipinski definition) is 2. The van der Waals surface area contributed by atoms with Gasteiger partial charge in [0.15, 0.2) is 5.78 Å². The molecule has 0 saturated carbocycles. The number of aromatic nitrogens is 3. The van der Waals surface area contributed by atoms with Crippen LogP contribution in [0.3, 0.4) is 0 Å². The fourth-order valence-electron chi connectivity index (χ4n) is 2.22. The number of carbonyl (C=O) groups excluding carboxylic acids is 1. The Morgan fingerprint density at radius 2 is 2.17 bits per heavy atom. The number of nitrogens with one attached hydrogen (secondary N) is 2. The number of imidazole rings is 1. The molecule has 18 heavy (non-hydrogen) atoms. The second kappa shape index (κ2) is 3.84. The molecule has 0 fully saturated rings. The third-order valence-electron chi connectivity index (χ3n) is 3.04. The average Bonchev–Trinajstić information content (AvgIpc) is 2.93. The highest BCUT2D eigenvalue weighted by molar-refractivity contribution is 6.08. The van der Waals surface area contributed by atoms with E-state index in [1.165, 1.54) is 0 Å². The van der Waals surface area contributed by atoms with E-state index in [-0.39, 0.29) is 5.78 Å². The van der Waals surface area contributed by atoms with Crippen molar-refractivity contribution in [2.45, 2.75) is 13.8 Å². The first-order valence-electron chi connectivity index (χ1n) is 5.80. The Hall–Kier alpha value is -2.36. The van der Waals surface area contributed by atoms with Crippen LogP contribution < -0.4 is 0 Å². The summed E-state index contributed by atoms with van der Waals surface area (Å²) in [5, 5.41) is 1.02. The number of ketones is 1. The standard InChI is InChI=1S/C14H13N3O/c1-8-3-4-11-10(7-8)12(13(17-11)9(2)18)14-15-5-6-16-14/h3-7,17H,1-2H3,(H,15,16). The van der Waals surface area contributed by atoms with Crippen LogP contribution in [0.4, 0.5) is 0 Å². The number of rotatable bonds is 2. The van der Waals surface area contributed by atoms with E-state index in [4.69, 9.17) is 0 Å². The first-order valence-corrected chi connectivity index (χ1v) is 5.80. The Kier molecular flexibility index (Phi) is 2.30. The predicted molar refractivity (Wildman–Crippen MR) is 70.6 cm³/mol. The minimum atomic E-state index is 0.00949. The van der Waals surface area contributed by atoms with Crippen LogP contribution in [0.2, 0.25) is 0 Å². The average molecular weight is 239 g/mol. The highest BCUT2D eigenvalue weighted by Crippen LogP contribution is 2.31. The minimum Gasteiger partial charge on any atom is -0.352 e. The third-order valence-corrected chi connectivity index (χ3v) is 3.04. The highest BCUT2D eigenvalue weighted by atomic mass is 16.1. The van der Waals surface area contributed by atoms with Crippen LogP contribution in [0.1, 0.15) is 23.0 Å². The molecule has 4 heteroatoms. The molecule has 0 aliphatic carbocycles. The number of nitrogens with zero attached hydrogens (tertiary/aromatic N) is 1. The number of benzene rings is 1. The van der Waals surface area contributed by atoms with Gasteiger partial charge in [0.2, 0.25) is 0 Å². The van der Waals surface area contributed by atoms with E-state index in [0.29, 0.717) is 5.69 Å². The molecule has 0 amide bonds. The number of hydrogen-bond donors (Lipinski definition) is 2. The summed E-state index contributed by atoms with van der Waals surface area (Å²) in [7, 11) is 0. The van der Waals surface area contributed by atoms with Crippen LogP contribution in [-0.2, 0) is 0 Å². The summed E-state index contributed by atoms with van der Waals surface area (Å²) < 4.78 is 0. The molecule has 0 aliphatic heterocycles. The molecule has 0 saturated heterocycles. The zero-order chi connectivity index (χ0) is 12.7. The molecule has 2 heterocycles. The van der Waals surface area contributed by atoms with Crippen LogP contribution in [0.15, 0.2) is 30.6 Å². The van der Waals surface area contributed by atoms with E-state index in [2.05, 4.69) is 21.0 Å². The van der Waals surface area contributed by atoms with Crippen LogP contribution >= 0.6 is 0 Å². The third kappa shape index (κ3) is 1.54. The lowest BCUT2D eigenvalue weighted by molar-refractivity contribution is 0.101. The van der Waals surface area contributed by atoms with Crippen LogP contribution in [0.25, 0.3) is 22.3 Å². The Balaban J connectivity index is 2.41. The first kappa shape index (κ1) is 10.8. The molecule has 90 valence electrons. The summed E-state index contributed by atoms with van der Waals surface area (Å²) in [6, 6.07) is 6.08. The predicted octanol–water partition coefficient (Wildman–Crippen LogP) is 3.07. The van der Waals surface area contributed by atoms with Gasteiger partial charge < -0.3 is 9.97 Å². The van der Waals surface area contributed by atoms with E-state index in [1.807, 2.05) is 19.1 Å². The van der Waals surface area contributed by atoms with Crippen molar-refractivity contribution in [2.75, 3.05) is 0 Å². The fourth-order valence-corrected chi connectivity index (χ4v) is 2.22. The molecule has 0 radical (unpaired) electrons. The van der Waals surface area contributed by atoms with Crippen LogP contribution in [0, 0.1) is 6.92 Å². The number of carbonyl (C=O) groups is 1. The summed E-state index contributed by atoms with van der Waals surface area (Å²) in [6.07, 6.45) is 3.45. The van der Waals surface area contributed by atoms with Gasteiger partial charge in [-0.15, -0.1) is 0 Å². The molecule has 0 bridgehead atoms. The lowest BCUT2D eigenvalue weighted by atomic mass is 10.1. The van der Waals surface area contributed by atoms with E-state index in [1.54, 1.807) is 19.3 Å². The van der Waals surface area contributed by atoms with E-state index in [0.717, 1.165) is 27.9 Å². The SMILES string of the molecule is CC(=O)c1[nH]c2ccc(C)cc2c1-c1ncc[nH]1. The Bertz CT molecular complexity index is 723. The molecule has 4 nitrogen and oxygen atoms in total. The number of aryl methyl sites for hydroxylation is 1. The number of fused-ring (bicyclic) bond motifs is 1. The Labute approximate surface area is 104 Å². The number of Topliss-reactive ketones (excluding diaryl/α,β-unsaturated/α-hetero) is 1. The van der Waals surface area contributed by atoms with Gasteiger partial charge in [-0.1, -0.05) is 11.6 Å². The molecular formula is C14H13N3O. The molecule has 2 aromatic heterocycles. The van der Waals surface area contributed by atoms with Gasteiger partial charge in [-0.25, -0.2) is 4.98 Å². The van der Waals surface area contributed by atoms with E-state index in [9.17, 15) is 4.79 Å². The smallest absolute Gasteiger partial charge is 0.176 e. The monoisotopic (exact) mass is 239 g/mol. The molecule has 3 aromatic rings. The zero-order valence-electron chi connectivity index (χ0n) is 10.2. The zero-order valence-corrected chi connectivity index (χ0v) is 10.2. The van der Waals surface area contributed by atoms with E-state index < -0.39 is 0 Å². The van der Waals surface area contributed by atoms with Gasteiger partial charge in [-0.2, -0.15) is 0 Å². The summed E-state index contributed by atoms with van der Waals surface area (Å²) in [6.45, 7) is 3.59. The molecule has 0 atom stereocenters. The molecule has 0 unspecified atom stereocenters. The van der Waals surface area contributed by atoms with Crippen molar-refractivity contribution >= 4 is 16.7 Å². The number of H-pyrrole nitrogens is 2. The van der Waals surface area contributed by atoms with Gasteiger partial charge in [-0.3, -0.25) is 4.79 Å². The summed E-state index contributed by atoms with van der Waals surface area (Å²) >= 11 is 0. The Morgan fingerprint density at radius 3 is 2.83 bits per heavy atom. The van der Waals surface area contributed by atoms with Crippen molar-refractivity contribution in [1.82, 2.24) is 15.0 Å². The van der Waals surface area contributed by atoms with Crippen molar-refractivity contribution < 1.29 is 4.79 Å². The van der Waals surface area contributed by atoms with Gasteiger partial charge >= 0.3 is 0 Å². The highest BCUT2D eigenvalue weighted by Gasteiger charge is 2.17. The quantitative estimate of drug-likeness (QED) is 0.675. The van der Waals surface area contributed by atoms with Gasteiger partial charge in [0.1, 0.15) is 5.82 Å². The van der Waals surface area contributed by atoms with Crippen LogP contribution in [0.5, 0.6) is 0 Å². The fraction of sp³-hybridized carbons (Fsp3) is 0.143. The summed E-state index contributed by atoms with van der Waals surface area (Å²) in [5.74, 6) is 0.729. The molecule has 1 aromatic carbocycles. The molecule has 0 aliphatic rings. The lowest BCUT2D eigenvalue weighted by Crippen LogP contribution is -1.95. The van der Waals surface area contributed by atoms with Crippen molar-refractivity contribution in [2.24, 2.45) is 0 Å². The first-order chi connectivity index (χ1) is 8.66. The lowest BCUT2D eigenvalue weighted by Gasteiger charge is -1.99. The second-order valence-corrected chi connectivity index (χ2v) is 4.42. The normalized spacial score (nSPS) is 11.0. The largest absolute Gasteiger partial charge is 0.352 e. The van der Waals surface area contributed by atoms with Crippen molar-refractivity contribution in [1.29, 1.82) is 0 Å². The van der Waals surface area contributed by atoms with Crippen molar-refractivity contribution in [3.63, 3.8) is 0 Å².